The van der Waals surface area contributed by atoms with Gasteiger partial charge in [0.1, 0.15) is 0 Å². The van der Waals surface area contributed by atoms with Crippen LogP contribution in [-0.4, -0.2) is 11.7 Å². The molecular formula is C12H17NO2. The van der Waals surface area contributed by atoms with Gasteiger partial charge in [-0.3, -0.25) is 9.59 Å². The largest absolute Gasteiger partial charge is 0.366 e. The van der Waals surface area contributed by atoms with Gasteiger partial charge in [0.2, 0.25) is 5.91 Å². The van der Waals surface area contributed by atoms with E-state index in [1.54, 1.807) is 0 Å². The molecule has 0 aromatic carbocycles. The molecule has 2 N–H and O–H groups in total. The normalized spacial score (nSPS) is 40.1. The number of ketones is 1. The molecule has 2 aliphatic carbocycles. The number of nitrogens with two attached hydrogens (primary N) is 1. The van der Waals surface area contributed by atoms with Crippen LogP contribution in [-0.2, 0) is 9.59 Å². The number of amides is 1. The van der Waals surface area contributed by atoms with Crippen molar-refractivity contribution in [2.75, 3.05) is 0 Å². The Balaban J connectivity index is 2.52. The molecule has 1 amide bonds. The SMILES string of the molecule is CC1(C)[C@@H]2CC[C@]1(C)C(=O)/C2=C\C(N)=O. The van der Waals surface area contributed by atoms with E-state index in [1.807, 2.05) is 6.92 Å². The minimum Gasteiger partial charge on any atom is -0.366 e. The molecule has 3 nitrogen and oxygen atoms in total. The van der Waals surface area contributed by atoms with E-state index in [0.29, 0.717) is 5.57 Å². The molecule has 3 heteroatoms. The molecule has 2 aliphatic rings. The lowest BCUT2D eigenvalue weighted by Crippen LogP contribution is -2.32. The Morgan fingerprint density at radius 3 is 2.47 bits per heavy atom. The minimum absolute atomic E-state index is 0.0363. The number of fused-ring (bicyclic) bond motifs is 2. The van der Waals surface area contributed by atoms with Gasteiger partial charge >= 0.3 is 0 Å². The molecule has 2 fully saturated rings. The van der Waals surface area contributed by atoms with Gasteiger partial charge in [0.25, 0.3) is 0 Å². The second-order valence-electron chi connectivity index (χ2n) is 5.48. The Morgan fingerprint density at radius 1 is 1.47 bits per heavy atom. The molecule has 2 bridgehead atoms. The summed E-state index contributed by atoms with van der Waals surface area (Å²) in [7, 11) is 0. The Labute approximate surface area is 89.7 Å². The van der Waals surface area contributed by atoms with Crippen LogP contribution in [0.2, 0.25) is 0 Å². The van der Waals surface area contributed by atoms with Gasteiger partial charge in [-0.15, -0.1) is 0 Å². The molecule has 0 heterocycles. The van der Waals surface area contributed by atoms with E-state index < -0.39 is 5.91 Å². The summed E-state index contributed by atoms with van der Waals surface area (Å²) < 4.78 is 0. The third-order valence-electron chi connectivity index (χ3n) is 4.66. The number of allylic oxidation sites excluding steroid dienone is 1. The zero-order valence-electron chi connectivity index (χ0n) is 9.46. The van der Waals surface area contributed by atoms with E-state index in [9.17, 15) is 9.59 Å². The van der Waals surface area contributed by atoms with Gasteiger partial charge in [-0.25, -0.2) is 0 Å². The van der Waals surface area contributed by atoms with Gasteiger partial charge in [0.05, 0.1) is 0 Å². The molecule has 0 aromatic rings. The van der Waals surface area contributed by atoms with E-state index in [2.05, 4.69) is 13.8 Å². The van der Waals surface area contributed by atoms with Crippen molar-refractivity contribution in [1.29, 1.82) is 0 Å². The van der Waals surface area contributed by atoms with Crippen LogP contribution < -0.4 is 5.73 Å². The van der Waals surface area contributed by atoms with Crippen molar-refractivity contribution in [3.8, 4) is 0 Å². The van der Waals surface area contributed by atoms with E-state index >= 15 is 0 Å². The van der Waals surface area contributed by atoms with Crippen molar-refractivity contribution in [3.05, 3.63) is 11.6 Å². The Bertz CT molecular complexity index is 381. The highest BCUT2D eigenvalue weighted by Gasteiger charge is 2.63. The summed E-state index contributed by atoms with van der Waals surface area (Å²) in [5, 5.41) is 0. The maximum atomic E-state index is 12.2. The first-order valence-corrected chi connectivity index (χ1v) is 5.36. The van der Waals surface area contributed by atoms with Crippen molar-refractivity contribution in [2.45, 2.75) is 33.6 Å². The van der Waals surface area contributed by atoms with Crippen LogP contribution in [0, 0.1) is 16.7 Å². The van der Waals surface area contributed by atoms with Crippen LogP contribution in [0.3, 0.4) is 0 Å². The number of Topliss-reactive ketones (excluding diaryl/α,β-unsaturated/α-hetero) is 1. The van der Waals surface area contributed by atoms with Crippen LogP contribution in [0.25, 0.3) is 0 Å². The molecule has 2 saturated carbocycles. The average molecular weight is 207 g/mol. The van der Waals surface area contributed by atoms with Gasteiger partial charge < -0.3 is 5.73 Å². The summed E-state index contributed by atoms with van der Waals surface area (Å²) in [5.41, 5.74) is 5.46. The molecule has 15 heavy (non-hydrogen) atoms. The van der Waals surface area contributed by atoms with Gasteiger partial charge in [-0.1, -0.05) is 20.8 Å². The first-order valence-electron chi connectivity index (χ1n) is 5.36. The number of primary amides is 1. The zero-order chi connectivity index (χ0) is 11.4. The number of hydrogen-bond acceptors (Lipinski definition) is 2. The van der Waals surface area contributed by atoms with Gasteiger partial charge in [0, 0.05) is 17.1 Å². The summed E-state index contributed by atoms with van der Waals surface area (Å²) in [6, 6.07) is 0. The second kappa shape index (κ2) is 2.71. The third-order valence-corrected chi connectivity index (χ3v) is 4.66. The van der Waals surface area contributed by atoms with Crippen LogP contribution in [0.5, 0.6) is 0 Å². The fourth-order valence-electron chi connectivity index (χ4n) is 3.25. The predicted octanol–water partition coefficient (Wildman–Crippen LogP) is 1.42. The number of carbonyl (C=O) groups is 2. The van der Waals surface area contributed by atoms with Crippen LogP contribution in [0.1, 0.15) is 33.6 Å². The highest BCUT2D eigenvalue weighted by molar-refractivity contribution is 6.08. The predicted molar refractivity (Wildman–Crippen MR) is 56.9 cm³/mol. The minimum atomic E-state index is -0.509. The lowest BCUT2D eigenvalue weighted by Gasteiger charge is -2.31. The molecule has 82 valence electrons. The average Bonchev–Trinajstić information content (AvgIpc) is 2.40. The van der Waals surface area contributed by atoms with Crippen LogP contribution >= 0.6 is 0 Å². The van der Waals surface area contributed by atoms with Crippen molar-refractivity contribution in [1.82, 2.24) is 0 Å². The highest BCUT2D eigenvalue weighted by Crippen LogP contribution is 2.65. The lowest BCUT2D eigenvalue weighted by molar-refractivity contribution is -0.125. The summed E-state index contributed by atoms with van der Waals surface area (Å²) in [6.45, 7) is 6.24. The van der Waals surface area contributed by atoms with E-state index in [4.69, 9.17) is 5.73 Å². The second-order valence-corrected chi connectivity index (χ2v) is 5.48. The molecule has 0 radical (unpaired) electrons. The molecule has 0 unspecified atom stereocenters. The topological polar surface area (TPSA) is 60.2 Å². The molecule has 0 aliphatic heterocycles. The zero-order valence-corrected chi connectivity index (χ0v) is 9.46. The molecule has 0 spiro atoms. The smallest absolute Gasteiger partial charge is 0.241 e. The fraction of sp³-hybridized carbons (Fsp3) is 0.667. The Kier molecular flexibility index (Phi) is 1.88. The maximum absolute atomic E-state index is 12.2. The van der Waals surface area contributed by atoms with Crippen molar-refractivity contribution < 1.29 is 9.59 Å². The van der Waals surface area contributed by atoms with Gasteiger partial charge in [-0.05, 0) is 24.2 Å². The van der Waals surface area contributed by atoms with Crippen LogP contribution in [0.15, 0.2) is 11.6 Å². The number of carbonyl (C=O) groups excluding carboxylic acids is 2. The number of rotatable bonds is 1. The summed E-state index contributed by atoms with van der Waals surface area (Å²) in [4.78, 5) is 23.0. The fourth-order valence-corrected chi connectivity index (χ4v) is 3.25. The van der Waals surface area contributed by atoms with Gasteiger partial charge in [-0.2, -0.15) is 0 Å². The first kappa shape index (κ1) is 10.4. The molecule has 0 saturated heterocycles. The Hall–Kier alpha value is -1.12. The standard InChI is InChI=1S/C12H17NO2/c1-11(2)8-4-5-12(11,3)10(15)7(8)6-9(13)14/h6,8H,4-5H2,1-3H3,(H2,13,14)/b7-6-/t8-,12-/m1/s1. The summed E-state index contributed by atoms with van der Waals surface area (Å²) >= 11 is 0. The number of hydrogen-bond donors (Lipinski definition) is 1. The molecule has 2 atom stereocenters. The molecule has 0 aromatic heterocycles. The highest BCUT2D eigenvalue weighted by atomic mass is 16.1. The summed E-state index contributed by atoms with van der Waals surface area (Å²) in [6.07, 6.45) is 3.26. The Morgan fingerprint density at radius 2 is 2.07 bits per heavy atom. The maximum Gasteiger partial charge on any atom is 0.241 e. The monoisotopic (exact) mass is 207 g/mol. The van der Waals surface area contributed by atoms with Crippen LogP contribution in [0.4, 0.5) is 0 Å². The lowest BCUT2D eigenvalue weighted by atomic mass is 9.70. The van der Waals surface area contributed by atoms with Crippen molar-refractivity contribution in [2.24, 2.45) is 22.5 Å². The third kappa shape index (κ3) is 1.06. The quantitative estimate of drug-likeness (QED) is 0.661. The van der Waals surface area contributed by atoms with E-state index in [1.165, 1.54) is 6.08 Å². The molecule has 2 rings (SSSR count). The first-order chi connectivity index (χ1) is 6.80. The van der Waals surface area contributed by atoms with Gasteiger partial charge in [0.15, 0.2) is 5.78 Å². The molecular weight excluding hydrogens is 190 g/mol. The van der Waals surface area contributed by atoms with Crippen molar-refractivity contribution >= 4 is 11.7 Å². The van der Waals surface area contributed by atoms with E-state index in [-0.39, 0.29) is 22.5 Å². The summed E-state index contributed by atoms with van der Waals surface area (Å²) in [5.74, 6) is -0.171. The van der Waals surface area contributed by atoms with E-state index in [0.717, 1.165) is 12.8 Å². The van der Waals surface area contributed by atoms with Crippen molar-refractivity contribution in [3.63, 3.8) is 0 Å².